The van der Waals surface area contributed by atoms with Crippen LogP contribution in [0.1, 0.15) is 59.8 Å². The van der Waals surface area contributed by atoms with E-state index in [1.54, 1.807) is 27.7 Å². The number of nitrogens with one attached hydrogen (secondary N) is 3. The fourth-order valence-corrected chi connectivity index (χ4v) is 2.87. The fourth-order valence-electron chi connectivity index (χ4n) is 2.87. The Labute approximate surface area is 198 Å². The van der Waals surface area contributed by atoms with Crippen LogP contribution in [-0.4, -0.2) is 69.9 Å². The lowest BCUT2D eigenvalue weighted by molar-refractivity contribution is -0.144. The van der Waals surface area contributed by atoms with Crippen molar-refractivity contribution in [1.82, 2.24) is 16.0 Å². The van der Waals surface area contributed by atoms with Crippen LogP contribution in [0.15, 0.2) is 0 Å². The van der Waals surface area contributed by atoms with Gasteiger partial charge in [-0.1, -0.05) is 34.1 Å². The van der Waals surface area contributed by atoms with Gasteiger partial charge in [0.05, 0.1) is 6.04 Å². The first-order chi connectivity index (χ1) is 15.7. The largest absolute Gasteiger partial charge is 0.481 e. The minimum absolute atomic E-state index is 0.231. The predicted octanol–water partition coefficient (Wildman–Crippen LogP) is -1.31. The molecule has 0 saturated heterocycles. The predicted molar refractivity (Wildman–Crippen MR) is 121 cm³/mol. The van der Waals surface area contributed by atoms with Crippen LogP contribution >= 0.6 is 0 Å². The first-order valence-electron chi connectivity index (χ1n) is 11.1. The van der Waals surface area contributed by atoms with Crippen molar-refractivity contribution in [1.29, 1.82) is 0 Å². The second-order valence-electron chi connectivity index (χ2n) is 8.54. The molecule has 0 radical (unpaired) electrons. The number of carboxylic acids is 2. The topological polar surface area (TPSA) is 231 Å². The smallest absolute Gasteiger partial charge is 0.326 e. The molecule has 5 unspecified atom stereocenters. The molecule has 5 atom stereocenters. The first kappa shape index (κ1) is 30.8. The van der Waals surface area contributed by atoms with Gasteiger partial charge in [0.2, 0.25) is 23.6 Å². The van der Waals surface area contributed by atoms with Crippen molar-refractivity contribution in [2.24, 2.45) is 23.3 Å². The van der Waals surface area contributed by atoms with Crippen molar-refractivity contribution in [3.05, 3.63) is 0 Å². The Morgan fingerprint density at radius 2 is 1.26 bits per heavy atom. The van der Waals surface area contributed by atoms with Gasteiger partial charge in [0.25, 0.3) is 0 Å². The van der Waals surface area contributed by atoms with Gasteiger partial charge >= 0.3 is 11.9 Å². The number of amides is 4. The average Bonchev–Trinajstić information content (AvgIpc) is 2.75. The minimum Gasteiger partial charge on any atom is -0.481 e. The summed E-state index contributed by atoms with van der Waals surface area (Å²) in [6.45, 7) is 6.76. The maximum absolute atomic E-state index is 12.9. The molecular weight excluding hydrogens is 450 g/mol. The van der Waals surface area contributed by atoms with Gasteiger partial charge in [-0.25, -0.2) is 4.79 Å². The summed E-state index contributed by atoms with van der Waals surface area (Å²) >= 11 is 0. The van der Waals surface area contributed by atoms with Crippen LogP contribution in [0.3, 0.4) is 0 Å². The van der Waals surface area contributed by atoms with Gasteiger partial charge in [0.15, 0.2) is 0 Å². The summed E-state index contributed by atoms with van der Waals surface area (Å²) in [6.07, 6.45) is -0.807. The Hall–Kier alpha value is -3.22. The highest BCUT2D eigenvalue weighted by Gasteiger charge is 2.32. The van der Waals surface area contributed by atoms with Crippen molar-refractivity contribution < 1.29 is 39.0 Å². The van der Waals surface area contributed by atoms with E-state index < -0.39 is 72.1 Å². The Bertz CT molecular complexity index is 757. The van der Waals surface area contributed by atoms with Crippen LogP contribution in [0, 0.1) is 11.8 Å². The number of carbonyl (C=O) groups is 6. The van der Waals surface area contributed by atoms with Gasteiger partial charge in [-0.3, -0.25) is 24.0 Å². The maximum Gasteiger partial charge on any atom is 0.326 e. The number of nitrogens with two attached hydrogens (primary N) is 2. The molecule has 13 nitrogen and oxygen atoms in total. The number of primary amides is 1. The molecule has 0 rings (SSSR count). The van der Waals surface area contributed by atoms with E-state index in [0.29, 0.717) is 6.42 Å². The van der Waals surface area contributed by atoms with E-state index in [4.69, 9.17) is 16.6 Å². The third-order valence-corrected chi connectivity index (χ3v) is 5.39. The summed E-state index contributed by atoms with van der Waals surface area (Å²) in [4.78, 5) is 71.8. The van der Waals surface area contributed by atoms with Crippen LogP contribution in [-0.2, 0) is 28.8 Å². The molecule has 0 aliphatic carbocycles. The molecule has 4 amide bonds. The van der Waals surface area contributed by atoms with Crippen molar-refractivity contribution in [3.8, 4) is 0 Å². The molecule has 0 aromatic heterocycles. The quantitative estimate of drug-likeness (QED) is 0.137. The maximum atomic E-state index is 12.9. The molecule has 0 spiro atoms. The van der Waals surface area contributed by atoms with E-state index >= 15 is 0 Å². The summed E-state index contributed by atoms with van der Waals surface area (Å²) in [5.74, 6) is -6.32. The highest BCUT2D eigenvalue weighted by atomic mass is 16.4. The highest BCUT2D eigenvalue weighted by molar-refractivity contribution is 5.94. The van der Waals surface area contributed by atoms with Crippen molar-refractivity contribution in [3.63, 3.8) is 0 Å². The summed E-state index contributed by atoms with van der Waals surface area (Å²) in [7, 11) is 0. The lowest BCUT2D eigenvalue weighted by atomic mass is 9.98. The standard InChI is InChI=1S/C21H37N5O8/c1-5-11(4)17(21(33)34)26-19(31)12(6-8-14(22)27)24-18(30)13(7-9-15(28)29)25-20(32)16(23)10(2)3/h10-13,16-17H,5-9,23H2,1-4H3,(H2,22,27)(H,24,30)(H,25,32)(H,26,31)(H,28,29)(H,33,34). The van der Waals surface area contributed by atoms with Crippen molar-refractivity contribution in [2.45, 2.75) is 84.0 Å². The van der Waals surface area contributed by atoms with Gasteiger partial charge < -0.3 is 37.6 Å². The van der Waals surface area contributed by atoms with Gasteiger partial charge in [-0.2, -0.15) is 0 Å². The van der Waals surface area contributed by atoms with Crippen LogP contribution in [0.5, 0.6) is 0 Å². The number of carboxylic acid groups (broad SMARTS) is 2. The van der Waals surface area contributed by atoms with E-state index in [-0.39, 0.29) is 25.2 Å². The lowest BCUT2D eigenvalue weighted by Gasteiger charge is -2.26. The average molecular weight is 488 g/mol. The Morgan fingerprint density at radius 3 is 1.68 bits per heavy atom. The number of rotatable bonds is 16. The summed E-state index contributed by atoms with van der Waals surface area (Å²) in [5, 5.41) is 25.5. The highest BCUT2D eigenvalue weighted by Crippen LogP contribution is 2.10. The second-order valence-corrected chi connectivity index (χ2v) is 8.54. The van der Waals surface area contributed by atoms with Crippen molar-refractivity contribution >= 4 is 35.6 Å². The molecular formula is C21H37N5O8. The zero-order valence-electron chi connectivity index (χ0n) is 20.0. The van der Waals surface area contributed by atoms with Crippen molar-refractivity contribution in [2.75, 3.05) is 0 Å². The van der Waals surface area contributed by atoms with Gasteiger partial charge in [0.1, 0.15) is 18.1 Å². The fraction of sp³-hybridized carbons (Fsp3) is 0.714. The van der Waals surface area contributed by atoms with Crippen LogP contribution in [0.25, 0.3) is 0 Å². The van der Waals surface area contributed by atoms with Crippen LogP contribution in [0.4, 0.5) is 0 Å². The number of hydrogen-bond acceptors (Lipinski definition) is 7. The normalized spacial score (nSPS) is 15.4. The molecule has 0 aromatic carbocycles. The molecule has 0 fully saturated rings. The molecule has 0 heterocycles. The summed E-state index contributed by atoms with van der Waals surface area (Å²) in [6, 6.07) is -4.88. The SMILES string of the molecule is CCC(C)C(NC(=O)C(CCC(N)=O)NC(=O)C(CCC(=O)O)NC(=O)C(N)C(C)C)C(=O)O. The van der Waals surface area contributed by atoms with Gasteiger partial charge in [0, 0.05) is 12.8 Å². The van der Waals surface area contributed by atoms with E-state index in [0.717, 1.165) is 0 Å². The number of aliphatic carboxylic acids is 2. The molecule has 0 saturated carbocycles. The van der Waals surface area contributed by atoms with E-state index in [1.165, 1.54) is 0 Å². The van der Waals surface area contributed by atoms with E-state index in [9.17, 15) is 33.9 Å². The monoisotopic (exact) mass is 487 g/mol. The Balaban J connectivity index is 5.69. The van der Waals surface area contributed by atoms with Crippen LogP contribution < -0.4 is 27.4 Å². The Kier molecular flexibility index (Phi) is 13.4. The van der Waals surface area contributed by atoms with E-state index in [1.807, 2.05) is 0 Å². The second kappa shape index (κ2) is 14.8. The van der Waals surface area contributed by atoms with Crippen LogP contribution in [0.2, 0.25) is 0 Å². The third-order valence-electron chi connectivity index (χ3n) is 5.39. The molecule has 13 heteroatoms. The van der Waals surface area contributed by atoms with E-state index in [2.05, 4.69) is 16.0 Å². The number of carbonyl (C=O) groups excluding carboxylic acids is 4. The molecule has 0 aliphatic rings. The summed E-state index contributed by atoms with van der Waals surface area (Å²) in [5.41, 5.74) is 10.9. The molecule has 0 aliphatic heterocycles. The molecule has 194 valence electrons. The first-order valence-corrected chi connectivity index (χ1v) is 11.1. The van der Waals surface area contributed by atoms with Gasteiger partial charge in [-0.05, 0) is 24.7 Å². The van der Waals surface area contributed by atoms with Gasteiger partial charge in [-0.15, -0.1) is 0 Å². The molecule has 9 N–H and O–H groups in total. The molecule has 34 heavy (non-hydrogen) atoms. The lowest BCUT2D eigenvalue weighted by Crippen LogP contribution is -2.58. The zero-order valence-corrected chi connectivity index (χ0v) is 20.0. The molecule has 0 bridgehead atoms. The zero-order chi connectivity index (χ0) is 26.6. The Morgan fingerprint density at radius 1 is 0.794 bits per heavy atom. The number of hydrogen-bond donors (Lipinski definition) is 7. The third kappa shape index (κ3) is 11.1. The minimum atomic E-state index is -1.35. The summed E-state index contributed by atoms with van der Waals surface area (Å²) < 4.78 is 0. The molecule has 0 aromatic rings.